The highest BCUT2D eigenvalue weighted by molar-refractivity contribution is 5.80. The van der Waals surface area contributed by atoms with Crippen LogP contribution < -0.4 is 10.2 Å². The molecule has 0 fully saturated rings. The Morgan fingerprint density at radius 2 is 1.69 bits per heavy atom. The number of halogens is 3. The Balaban J connectivity index is 1.36. The first-order chi connectivity index (χ1) is 16.8. The van der Waals surface area contributed by atoms with Crippen molar-refractivity contribution >= 4 is 11.0 Å². The van der Waals surface area contributed by atoms with Crippen molar-refractivity contribution in [2.45, 2.75) is 12.8 Å². The van der Waals surface area contributed by atoms with Crippen LogP contribution in [0.25, 0.3) is 33.7 Å². The van der Waals surface area contributed by atoms with Gasteiger partial charge in [-0.1, -0.05) is 6.07 Å². The van der Waals surface area contributed by atoms with Crippen LogP contribution in [0.1, 0.15) is 11.5 Å². The van der Waals surface area contributed by atoms with Crippen molar-refractivity contribution in [1.29, 1.82) is 0 Å². The third-order valence-electron chi connectivity index (χ3n) is 5.12. The minimum atomic E-state index is -4.49. The number of rotatable bonds is 5. The summed E-state index contributed by atoms with van der Waals surface area (Å²) in [6.45, 7) is -0.153. The van der Waals surface area contributed by atoms with Crippen molar-refractivity contribution in [3.8, 4) is 34.3 Å². The van der Waals surface area contributed by atoms with Gasteiger partial charge in [-0.3, -0.25) is 4.79 Å². The molecule has 2 heterocycles. The maximum Gasteiger partial charge on any atom is 0.416 e. The lowest BCUT2D eigenvalue weighted by Crippen LogP contribution is -2.04. The van der Waals surface area contributed by atoms with Gasteiger partial charge in [0.05, 0.1) is 10.9 Å². The number of phenolic OH excluding ortho intramolecular Hbond substituents is 1. The zero-order valence-electron chi connectivity index (χ0n) is 17.7. The average Bonchev–Trinajstić information content (AvgIpc) is 3.32. The third kappa shape index (κ3) is 4.72. The van der Waals surface area contributed by atoms with Crippen molar-refractivity contribution in [2.24, 2.45) is 0 Å². The number of alkyl halides is 3. The minimum absolute atomic E-state index is 0.0526. The molecule has 2 aromatic heterocycles. The molecule has 1 N–H and O–H groups in total. The molecule has 0 atom stereocenters. The number of aromatic nitrogens is 2. The highest BCUT2D eigenvalue weighted by atomic mass is 19.4. The molecule has 5 aromatic rings. The summed E-state index contributed by atoms with van der Waals surface area (Å²) in [5.41, 5.74) is -0.0407. The van der Waals surface area contributed by atoms with E-state index < -0.39 is 11.7 Å². The first kappa shape index (κ1) is 22.2. The quantitative estimate of drug-likeness (QED) is 0.339. The van der Waals surface area contributed by atoms with E-state index in [2.05, 4.69) is 10.2 Å². The molecular formula is C25H15F3N2O5. The number of nitrogens with zero attached hydrogens (tertiary/aromatic N) is 2. The average molecular weight is 480 g/mol. The summed E-state index contributed by atoms with van der Waals surface area (Å²) >= 11 is 0. The summed E-state index contributed by atoms with van der Waals surface area (Å²) in [5, 5.41) is 17.4. The van der Waals surface area contributed by atoms with Crippen molar-refractivity contribution in [1.82, 2.24) is 10.2 Å². The maximum atomic E-state index is 12.9. The molecule has 3 aromatic carbocycles. The Bertz CT molecular complexity index is 1570. The molecule has 0 aliphatic carbocycles. The summed E-state index contributed by atoms with van der Waals surface area (Å²) in [4.78, 5) is 12.5. The molecule has 0 radical (unpaired) electrons. The first-order valence-electron chi connectivity index (χ1n) is 10.3. The van der Waals surface area contributed by atoms with Gasteiger partial charge in [-0.2, -0.15) is 13.2 Å². The fourth-order valence-electron chi connectivity index (χ4n) is 3.40. The molecule has 0 spiro atoms. The van der Waals surface area contributed by atoms with Gasteiger partial charge < -0.3 is 18.7 Å². The SMILES string of the molecule is O=c1cc(-c2ccc(O)cc2)oc2cc(OCc3nnc(-c4cccc(C(F)(F)F)c4)o3)ccc12. The fourth-order valence-corrected chi connectivity index (χ4v) is 3.40. The van der Waals surface area contributed by atoms with E-state index in [-0.39, 0.29) is 40.7 Å². The number of hydrogen-bond acceptors (Lipinski definition) is 7. The molecule has 0 bridgehead atoms. The summed E-state index contributed by atoms with van der Waals surface area (Å²) in [6.07, 6.45) is -4.49. The Hall–Kier alpha value is -4.60. The minimum Gasteiger partial charge on any atom is -0.508 e. The van der Waals surface area contributed by atoms with Gasteiger partial charge in [-0.05, 0) is 54.6 Å². The van der Waals surface area contributed by atoms with Crippen molar-refractivity contribution in [3.05, 3.63) is 94.5 Å². The number of ether oxygens (including phenoxy) is 1. The second-order valence-electron chi connectivity index (χ2n) is 7.55. The van der Waals surface area contributed by atoms with Crippen LogP contribution >= 0.6 is 0 Å². The van der Waals surface area contributed by atoms with Gasteiger partial charge in [-0.15, -0.1) is 10.2 Å². The second-order valence-corrected chi connectivity index (χ2v) is 7.55. The Kier molecular flexibility index (Phi) is 5.48. The molecule has 0 saturated heterocycles. The predicted octanol–water partition coefficient (Wildman–Crippen LogP) is 5.81. The van der Waals surface area contributed by atoms with Gasteiger partial charge >= 0.3 is 6.18 Å². The third-order valence-corrected chi connectivity index (χ3v) is 5.12. The fraction of sp³-hybridized carbons (Fsp3) is 0.0800. The zero-order chi connectivity index (χ0) is 24.6. The van der Waals surface area contributed by atoms with E-state index in [1.807, 2.05) is 0 Å². The predicted molar refractivity (Wildman–Crippen MR) is 119 cm³/mol. The van der Waals surface area contributed by atoms with E-state index >= 15 is 0 Å². The van der Waals surface area contributed by atoms with E-state index in [9.17, 15) is 23.1 Å². The van der Waals surface area contributed by atoms with E-state index in [1.54, 1.807) is 24.3 Å². The van der Waals surface area contributed by atoms with Crippen LogP contribution in [-0.4, -0.2) is 15.3 Å². The molecule has 0 amide bonds. The largest absolute Gasteiger partial charge is 0.508 e. The van der Waals surface area contributed by atoms with Crippen LogP contribution in [0.3, 0.4) is 0 Å². The molecular weight excluding hydrogens is 465 g/mol. The van der Waals surface area contributed by atoms with E-state index in [0.717, 1.165) is 12.1 Å². The molecule has 0 aliphatic rings. The molecule has 10 heteroatoms. The lowest BCUT2D eigenvalue weighted by Gasteiger charge is -2.07. The summed E-state index contributed by atoms with van der Waals surface area (Å²) in [6, 6.07) is 16.8. The van der Waals surface area contributed by atoms with Gasteiger partial charge in [0, 0.05) is 23.3 Å². The number of aromatic hydroxyl groups is 1. The van der Waals surface area contributed by atoms with Crippen LogP contribution in [-0.2, 0) is 12.8 Å². The van der Waals surface area contributed by atoms with Gasteiger partial charge in [0.25, 0.3) is 5.89 Å². The molecule has 176 valence electrons. The Labute approximate surface area is 195 Å². The summed E-state index contributed by atoms with van der Waals surface area (Å²) in [7, 11) is 0. The summed E-state index contributed by atoms with van der Waals surface area (Å²) < 4.78 is 55.8. The second kappa shape index (κ2) is 8.64. The van der Waals surface area contributed by atoms with Crippen molar-refractivity contribution in [3.63, 3.8) is 0 Å². The van der Waals surface area contributed by atoms with E-state index in [0.29, 0.717) is 22.5 Å². The molecule has 0 aliphatic heterocycles. The summed E-state index contributed by atoms with van der Waals surface area (Å²) in [5.74, 6) is 0.740. The highest BCUT2D eigenvalue weighted by Gasteiger charge is 2.30. The highest BCUT2D eigenvalue weighted by Crippen LogP contribution is 2.32. The Morgan fingerprint density at radius 1 is 0.886 bits per heavy atom. The van der Waals surface area contributed by atoms with Crippen LogP contribution in [0.2, 0.25) is 0 Å². The van der Waals surface area contributed by atoms with Gasteiger partial charge in [0.2, 0.25) is 5.89 Å². The smallest absolute Gasteiger partial charge is 0.416 e. The number of fused-ring (bicyclic) bond motifs is 1. The standard InChI is InChI=1S/C25H15F3N2O5/c26-25(27,28)16-3-1-2-15(10-16)24-30-29-23(35-24)13-33-18-8-9-19-20(32)12-21(34-22(19)11-18)14-4-6-17(31)7-5-14/h1-12,31H,13H2. The molecule has 35 heavy (non-hydrogen) atoms. The van der Waals surface area contributed by atoms with Crippen molar-refractivity contribution in [2.75, 3.05) is 0 Å². The topological polar surface area (TPSA) is 98.6 Å². The van der Waals surface area contributed by atoms with Crippen LogP contribution in [0.4, 0.5) is 13.2 Å². The lowest BCUT2D eigenvalue weighted by atomic mass is 10.1. The van der Waals surface area contributed by atoms with E-state index in [1.165, 1.54) is 36.4 Å². The number of phenols is 1. The molecule has 0 saturated carbocycles. The number of hydrogen-bond donors (Lipinski definition) is 1. The van der Waals surface area contributed by atoms with Crippen molar-refractivity contribution < 1.29 is 31.8 Å². The van der Waals surface area contributed by atoms with Gasteiger partial charge in [-0.25, -0.2) is 0 Å². The Morgan fingerprint density at radius 3 is 2.46 bits per heavy atom. The van der Waals surface area contributed by atoms with E-state index in [4.69, 9.17) is 13.6 Å². The molecule has 0 unspecified atom stereocenters. The lowest BCUT2D eigenvalue weighted by molar-refractivity contribution is -0.137. The molecule has 5 rings (SSSR count). The van der Waals surface area contributed by atoms with Gasteiger partial charge in [0.15, 0.2) is 12.0 Å². The van der Waals surface area contributed by atoms with Gasteiger partial charge in [0.1, 0.15) is 22.8 Å². The monoisotopic (exact) mass is 480 g/mol. The zero-order valence-corrected chi connectivity index (χ0v) is 17.7. The normalized spacial score (nSPS) is 11.6. The molecule has 7 nitrogen and oxygen atoms in total. The maximum absolute atomic E-state index is 12.9. The van der Waals surface area contributed by atoms with Crippen LogP contribution in [0.5, 0.6) is 11.5 Å². The first-order valence-corrected chi connectivity index (χ1v) is 10.3. The van der Waals surface area contributed by atoms with Crippen LogP contribution in [0.15, 0.2) is 86.4 Å². The van der Waals surface area contributed by atoms with Crippen LogP contribution in [0, 0.1) is 0 Å². The number of benzene rings is 3.